The van der Waals surface area contributed by atoms with Gasteiger partial charge in [0.15, 0.2) is 0 Å². The Balaban J connectivity index is 1.74. The summed E-state index contributed by atoms with van der Waals surface area (Å²) in [5.74, 6) is 0.433. The minimum Gasteiger partial charge on any atom is -0.251 e. The van der Waals surface area contributed by atoms with Crippen LogP contribution < -0.4 is 0 Å². The maximum absolute atomic E-state index is 5.30. The number of aliphatic imine (C=N–C) groups is 1. The van der Waals surface area contributed by atoms with Crippen LogP contribution >= 0.6 is 11.8 Å². The molecule has 1 aliphatic heterocycles. The zero-order valence-corrected chi connectivity index (χ0v) is 17.3. The number of aryl methyl sites for hydroxylation is 3. The van der Waals surface area contributed by atoms with Gasteiger partial charge in [0.1, 0.15) is 0 Å². The fourth-order valence-electron chi connectivity index (χ4n) is 4.55. The minimum absolute atomic E-state index is 0.399. The van der Waals surface area contributed by atoms with E-state index >= 15 is 0 Å². The zero-order chi connectivity index (χ0) is 19.1. The van der Waals surface area contributed by atoms with Crippen molar-refractivity contribution in [2.24, 2.45) is 10.9 Å². The third kappa shape index (κ3) is 3.10. The van der Waals surface area contributed by atoms with Crippen LogP contribution in [-0.4, -0.2) is 5.71 Å². The smallest absolute Gasteiger partial charge is 0.0769 e. The molecular weight excluding hydrogens is 358 g/mol. The normalized spacial score (nSPS) is 20.9. The Kier molecular flexibility index (Phi) is 4.60. The van der Waals surface area contributed by atoms with E-state index in [9.17, 15) is 0 Å². The molecule has 28 heavy (non-hydrogen) atoms. The zero-order valence-electron chi connectivity index (χ0n) is 16.5. The van der Waals surface area contributed by atoms with Crippen molar-refractivity contribution in [3.8, 4) is 0 Å². The maximum Gasteiger partial charge on any atom is 0.0769 e. The predicted molar refractivity (Wildman–Crippen MR) is 120 cm³/mol. The van der Waals surface area contributed by atoms with Crippen LogP contribution in [0.25, 0.3) is 0 Å². The van der Waals surface area contributed by atoms with Gasteiger partial charge in [0.2, 0.25) is 0 Å². The molecule has 0 radical (unpaired) electrons. The van der Waals surface area contributed by atoms with E-state index in [0.29, 0.717) is 11.2 Å². The van der Waals surface area contributed by atoms with Crippen molar-refractivity contribution in [1.29, 1.82) is 0 Å². The fraction of sp³-hybridized carbons (Fsp3) is 0.269. The molecule has 0 bridgehead atoms. The Hall–Kier alpha value is -2.32. The minimum atomic E-state index is 0.399. The summed E-state index contributed by atoms with van der Waals surface area (Å²) in [4.78, 5) is 6.60. The first-order chi connectivity index (χ1) is 13.7. The van der Waals surface area contributed by atoms with Crippen LogP contribution in [0.1, 0.15) is 45.9 Å². The van der Waals surface area contributed by atoms with Gasteiger partial charge in [-0.3, -0.25) is 4.99 Å². The number of nitrogens with zero attached hydrogens (tertiary/aromatic N) is 1. The van der Waals surface area contributed by atoms with Gasteiger partial charge in [-0.25, -0.2) is 0 Å². The lowest BCUT2D eigenvalue weighted by atomic mass is 9.87. The van der Waals surface area contributed by atoms with Gasteiger partial charge in [0.05, 0.1) is 11.4 Å². The number of hydrogen-bond donors (Lipinski definition) is 0. The highest BCUT2D eigenvalue weighted by Gasteiger charge is 2.34. The summed E-state index contributed by atoms with van der Waals surface area (Å²) in [7, 11) is 0. The van der Waals surface area contributed by atoms with Crippen LogP contribution in [0.5, 0.6) is 0 Å². The van der Waals surface area contributed by atoms with Crippen molar-refractivity contribution < 1.29 is 0 Å². The summed E-state index contributed by atoms with van der Waals surface area (Å²) in [5, 5.41) is 0.399. The number of para-hydroxylation sites is 1. The molecule has 2 atom stereocenters. The second-order valence-corrected chi connectivity index (χ2v) is 9.19. The Bertz CT molecular complexity index is 1050. The summed E-state index contributed by atoms with van der Waals surface area (Å²) in [5.41, 5.74) is 9.43. The topological polar surface area (TPSA) is 12.4 Å². The quantitative estimate of drug-likeness (QED) is 0.432. The molecule has 140 valence electrons. The van der Waals surface area contributed by atoms with E-state index in [2.05, 4.69) is 80.6 Å². The molecule has 0 amide bonds. The lowest BCUT2D eigenvalue weighted by Crippen LogP contribution is -2.20. The van der Waals surface area contributed by atoms with Crippen molar-refractivity contribution in [2.45, 2.75) is 43.3 Å². The number of fused-ring (bicyclic) bond motifs is 4. The number of thioether (sulfide) groups is 1. The summed E-state index contributed by atoms with van der Waals surface area (Å²) in [6.07, 6.45) is 3.56. The average Bonchev–Trinajstić information content (AvgIpc) is 2.98. The van der Waals surface area contributed by atoms with Gasteiger partial charge in [-0.05, 0) is 79.1 Å². The molecule has 1 aliphatic carbocycles. The van der Waals surface area contributed by atoms with Gasteiger partial charge in [-0.2, -0.15) is 0 Å². The van der Waals surface area contributed by atoms with E-state index in [1.807, 2.05) is 11.8 Å². The molecule has 0 fully saturated rings. The summed E-state index contributed by atoms with van der Waals surface area (Å²) < 4.78 is 0. The van der Waals surface area contributed by atoms with Crippen LogP contribution in [0.15, 0.2) is 76.6 Å². The summed E-state index contributed by atoms with van der Waals surface area (Å²) >= 11 is 1.99. The van der Waals surface area contributed by atoms with Crippen molar-refractivity contribution in [1.82, 2.24) is 0 Å². The molecule has 2 heteroatoms. The highest BCUT2D eigenvalue weighted by atomic mass is 32.2. The third-order valence-corrected chi connectivity index (χ3v) is 7.62. The van der Waals surface area contributed by atoms with Gasteiger partial charge in [-0.15, -0.1) is 11.8 Å². The molecule has 0 aromatic heterocycles. The van der Waals surface area contributed by atoms with Gasteiger partial charge in [-0.1, -0.05) is 48.5 Å². The van der Waals surface area contributed by atoms with Gasteiger partial charge in [0, 0.05) is 16.1 Å². The molecule has 2 unspecified atom stereocenters. The van der Waals surface area contributed by atoms with E-state index in [1.165, 1.54) is 51.3 Å². The number of rotatable bonds is 1. The fourth-order valence-corrected chi connectivity index (χ4v) is 5.94. The van der Waals surface area contributed by atoms with Crippen LogP contribution in [0.2, 0.25) is 0 Å². The molecule has 1 nitrogen and oxygen atoms in total. The Labute approximate surface area is 171 Å². The average molecular weight is 384 g/mol. The highest BCUT2D eigenvalue weighted by Crippen LogP contribution is 2.50. The van der Waals surface area contributed by atoms with Crippen molar-refractivity contribution in [2.75, 3.05) is 0 Å². The Morgan fingerprint density at radius 2 is 1.64 bits per heavy atom. The first kappa shape index (κ1) is 17.8. The predicted octanol–water partition coefficient (Wildman–Crippen LogP) is 7.22. The molecular formula is C26H25NS. The van der Waals surface area contributed by atoms with Crippen molar-refractivity contribution in [3.05, 3.63) is 94.5 Å². The van der Waals surface area contributed by atoms with Crippen molar-refractivity contribution in [3.63, 3.8) is 0 Å². The van der Waals surface area contributed by atoms with Crippen molar-refractivity contribution >= 4 is 23.2 Å². The van der Waals surface area contributed by atoms with Crippen LogP contribution in [0, 0.1) is 19.8 Å². The largest absolute Gasteiger partial charge is 0.251 e. The van der Waals surface area contributed by atoms with E-state index in [-0.39, 0.29) is 0 Å². The molecule has 0 saturated carbocycles. The SMILES string of the molecule is Cc1cc2c(cc1C)C1=Nc3ccccc3SC(c3ccccc3)C1CCC2. The van der Waals surface area contributed by atoms with Gasteiger partial charge in [0.25, 0.3) is 0 Å². The maximum atomic E-state index is 5.30. The van der Waals surface area contributed by atoms with Crippen LogP contribution in [0.3, 0.4) is 0 Å². The molecule has 2 aliphatic rings. The number of benzene rings is 3. The lowest BCUT2D eigenvalue weighted by Gasteiger charge is -2.26. The molecule has 5 rings (SSSR count). The summed E-state index contributed by atoms with van der Waals surface area (Å²) in [6.45, 7) is 4.45. The first-order valence-electron chi connectivity index (χ1n) is 10.2. The second-order valence-electron chi connectivity index (χ2n) is 8.01. The summed E-state index contributed by atoms with van der Waals surface area (Å²) in [6, 6.07) is 24.5. The van der Waals surface area contributed by atoms with E-state index < -0.39 is 0 Å². The number of hydrogen-bond acceptors (Lipinski definition) is 2. The highest BCUT2D eigenvalue weighted by molar-refractivity contribution is 7.99. The third-order valence-electron chi connectivity index (χ3n) is 6.16. The monoisotopic (exact) mass is 383 g/mol. The van der Waals surface area contributed by atoms with E-state index in [4.69, 9.17) is 4.99 Å². The van der Waals surface area contributed by atoms with Crippen LogP contribution in [-0.2, 0) is 6.42 Å². The standard InChI is InChI=1S/C26H25NS/c1-17-15-20-11-8-12-21-25(22(20)16-18(17)2)27-23-13-6-7-14-24(23)28-26(21)19-9-4-3-5-10-19/h3-7,9-10,13-16,21,26H,8,11-12H2,1-2H3. The molecule has 3 aromatic carbocycles. The Morgan fingerprint density at radius 3 is 2.50 bits per heavy atom. The lowest BCUT2D eigenvalue weighted by molar-refractivity contribution is 0.589. The van der Waals surface area contributed by atoms with Gasteiger partial charge < -0.3 is 0 Å². The van der Waals surface area contributed by atoms with Gasteiger partial charge >= 0.3 is 0 Å². The molecule has 0 saturated heterocycles. The Morgan fingerprint density at radius 1 is 0.893 bits per heavy atom. The first-order valence-corrected chi connectivity index (χ1v) is 11.1. The van der Waals surface area contributed by atoms with Crippen LogP contribution in [0.4, 0.5) is 5.69 Å². The van der Waals surface area contributed by atoms with E-state index in [0.717, 1.165) is 12.1 Å². The second kappa shape index (κ2) is 7.25. The molecule has 0 spiro atoms. The molecule has 3 aromatic rings. The molecule has 0 N–H and O–H groups in total. The molecule has 1 heterocycles. The van der Waals surface area contributed by atoms with E-state index in [1.54, 1.807) is 0 Å².